The first-order valence-electron chi connectivity index (χ1n) is 6.35. The van der Waals surface area contributed by atoms with Crippen LogP contribution in [-0.4, -0.2) is 22.4 Å². The molecule has 0 N–H and O–H groups in total. The molecule has 0 aliphatic rings. The first-order chi connectivity index (χ1) is 9.78. The first kappa shape index (κ1) is 12.4. The third-order valence-corrected chi connectivity index (χ3v) is 3.23. The average Bonchev–Trinajstić information content (AvgIpc) is 2.90. The number of hydrogen-bond acceptors (Lipinski definition) is 3. The van der Waals surface area contributed by atoms with Crippen LogP contribution in [0, 0.1) is 0 Å². The van der Waals surface area contributed by atoms with E-state index in [1.165, 1.54) is 0 Å². The lowest BCUT2D eigenvalue weighted by Gasteiger charge is -2.05. The van der Waals surface area contributed by atoms with Crippen LogP contribution in [0.4, 0.5) is 0 Å². The maximum absolute atomic E-state index is 12.3. The molecule has 0 aliphatic heterocycles. The van der Waals surface area contributed by atoms with Gasteiger partial charge in [0.15, 0.2) is 5.78 Å². The van der Waals surface area contributed by atoms with E-state index in [4.69, 9.17) is 4.74 Å². The van der Waals surface area contributed by atoms with Crippen molar-refractivity contribution in [1.29, 1.82) is 0 Å². The third-order valence-electron chi connectivity index (χ3n) is 3.23. The summed E-state index contributed by atoms with van der Waals surface area (Å²) in [7, 11) is 1.59. The average molecular weight is 266 g/mol. The van der Waals surface area contributed by atoms with Crippen molar-refractivity contribution in [2.75, 3.05) is 7.11 Å². The predicted octanol–water partition coefficient (Wildman–Crippen LogP) is 2.93. The molecule has 0 saturated carbocycles. The van der Waals surface area contributed by atoms with Gasteiger partial charge in [-0.05, 0) is 24.3 Å². The molecule has 4 heteroatoms. The Bertz CT molecular complexity index is 762. The highest BCUT2D eigenvalue weighted by Crippen LogP contribution is 2.16. The van der Waals surface area contributed by atoms with E-state index < -0.39 is 0 Å². The Kier molecular flexibility index (Phi) is 3.21. The summed E-state index contributed by atoms with van der Waals surface area (Å²) >= 11 is 0. The molecular formula is C16H14N2O2. The second-order valence-electron chi connectivity index (χ2n) is 4.52. The number of fused-ring (bicyclic) bond motifs is 1. The molecule has 0 amide bonds. The molecule has 3 rings (SSSR count). The lowest BCUT2D eigenvalue weighted by atomic mass is 10.1. The molecule has 4 nitrogen and oxygen atoms in total. The van der Waals surface area contributed by atoms with E-state index in [0.717, 1.165) is 11.0 Å². The van der Waals surface area contributed by atoms with Gasteiger partial charge in [-0.3, -0.25) is 4.79 Å². The monoisotopic (exact) mass is 266 g/mol. The van der Waals surface area contributed by atoms with Crippen molar-refractivity contribution < 1.29 is 9.53 Å². The number of para-hydroxylation sites is 2. The van der Waals surface area contributed by atoms with Crippen molar-refractivity contribution in [1.82, 2.24) is 9.55 Å². The first-order valence-corrected chi connectivity index (χ1v) is 6.35. The van der Waals surface area contributed by atoms with Crippen LogP contribution < -0.4 is 4.74 Å². The summed E-state index contributed by atoms with van der Waals surface area (Å²) in [5.74, 6) is 0.721. The smallest absolute Gasteiger partial charge is 0.182 e. The van der Waals surface area contributed by atoms with Gasteiger partial charge in [0, 0.05) is 5.56 Å². The summed E-state index contributed by atoms with van der Waals surface area (Å²) in [4.78, 5) is 16.6. The van der Waals surface area contributed by atoms with Gasteiger partial charge in [-0.1, -0.05) is 24.3 Å². The van der Waals surface area contributed by atoms with Crippen molar-refractivity contribution in [2.24, 2.45) is 0 Å². The number of carbonyl (C=O) groups excluding carboxylic acids is 1. The molecule has 0 unspecified atom stereocenters. The Hall–Kier alpha value is -2.62. The highest BCUT2D eigenvalue weighted by Gasteiger charge is 2.10. The summed E-state index contributed by atoms with van der Waals surface area (Å²) in [6.45, 7) is 0.272. The maximum atomic E-state index is 12.3. The van der Waals surface area contributed by atoms with E-state index in [0.29, 0.717) is 11.3 Å². The van der Waals surface area contributed by atoms with E-state index in [-0.39, 0.29) is 12.3 Å². The van der Waals surface area contributed by atoms with Gasteiger partial charge in [-0.2, -0.15) is 0 Å². The van der Waals surface area contributed by atoms with Crippen LogP contribution in [0.5, 0.6) is 5.75 Å². The molecule has 3 aromatic rings. The van der Waals surface area contributed by atoms with Gasteiger partial charge in [0.25, 0.3) is 0 Å². The van der Waals surface area contributed by atoms with Gasteiger partial charge in [0.2, 0.25) is 0 Å². The molecule has 100 valence electrons. The highest BCUT2D eigenvalue weighted by molar-refractivity contribution is 5.97. The zero-order chi connectivity index (χ0) is 13.9. The number of ketones is 1. The van der Waals surface area contributed by atoms with Gasteiger partial charge in [-0.15, -0.1) is 0 Å². The molecule has 20 heavy (non-hydrogen) atoms. The van der Waals surface area contributed by atoms with Crippen LogP contribution in [0.1, 0.15) is 10.4 Å². The lowest BCUT2D eigenvalue weighted by molar-refractivity contribution is 0.0973. The fraction of sp³-hybridized carbons (Fsp3) is 0.125. The van der Waals surface area contributed by atoms with E-state index in [1.807, 2.05) is 41.0 Å². The van der Waals surface area contributed by atoms with Crippen molar-refractivity contribution in [3.8, 4) is 5.75 Å². The van der Waals surface area contributed by atoms with Crippen LogP contribution in [0.3, 0.4) is 0 Å². The number of benzene rings is 2. The molecule has 0 saturated heterocycles. The third kappa shape index (κ3) is 2.28. The molecule has 1 heterocycles. The Morgan fingerprint density at radius 2 is 2.05 bits per heavy atom. The Balaban J connectivity index is 1.88. The summed E-state index contributed by atoms with van der Waals surface area (Å²) < 4.78 is 7.00. The number of carbonyl (C=O) groups is 1. The highest BCUT2D eigenvalue weighted by atomic mass is 16.5. The fourth-order valence-electron chi connectivity index (χ4n) is 2.18. The maximum Gasteiger partial charge on any atom is 0.182 e. The van der Waals surface area contributed by atoms with E-state index in [2.05, 4.69) is 4.98 Å². The van der Waals surface area contributed by atoms with Crippen molar-refractivity contribution in [2.45, 2.75) is 6.54 Å². The van der Waals surface area contributed by atoms with E-state index in [9.17, 15) is 4.79 Å². The Morgan fingerprint density at radius 1 is 1.20 bits per heavy atom. The fourth-order valence-corrected chi connectivity index (χ4v) is 2.18. The minimum Gasteiger partial charge on any atom is -0.497 e. The van der Waals surface area contributed by atoms with Gasteiger partial charge in [0.05, 0.1) is 31.0 Å². The molecule has 1 aromatic heterocycles. The summed E-state index contributed by atoms with van der Waals surface area (Å²) in [6, 6.07) is 15.0. The Morgan fingerprint density at radius 3 is 2.90 bits per heavy atom. The number of imidazole rings is 1. The number of nitrogens with zero attached hydrogens (tertiary/aromatic N) is 2. The van der Waals surface area contributed by atoms with E-state index >= 15 is 0 Å². The standard InChI is InChI=1S/C16H14N2O2/c1-20-13-6-4-5-12(9-13)16(19)10-18-11-17-14-7-2-3-8-15(14)18/h2-9,11H,10H2,1H3. The molecule has 0 radical (unpaired) electrons. The minimum atomic E-state index is 0.0343. The molecular weight excluding hydrogens is 252 g/mol. The number of aromatic nitrogens is 2. The molecule has 0 spiro atoms. The molecule has 0 fully saturated rings. The number of ether oxygens (including phenoxy) is 1. The van der Waals surface area contributed by atoms with Crippen molar-refractivity contribution in [3.63, 3.8) is 0 Å². The zero-order valence-electron chi connectivity index (χ0n) is 11.1. The SMILES string of the molecule is COc1cccc(C(=O)Cn2cnc3ccccc32)c1. The summed E-state index contributed by atoms with van der Waals surface area (Å²) in [6.07, 6.45) is 1.70. The van der Waals surface area contributed by atoms with Crippen LogP contribution in [-0.2, 0) is 6.54 Å². The molecule has 0 atom stereocenters. The summed E-state index contributed by atoms with van der Waals surface area (Å²) in [5, 5.41) is 0. The topological polar surface area (TPSA) is 44.1 Å². The van der Waals surface area contributed by atoms with Crippen LogP contribution in [0.2, 0.25) is 0 Å². The van der Waals surface area contributed by atoms with E-state index in [1.54, 1.807) is 25.6 Å². The number of hydrogen-bond donors (Lipinski definition) is 0. The second kappa shape index (κ2) is 5.17. The van der Waals surface area contributed by atoms with Gasteiger partial charge < -0.3 is 9.30 Å². The normalized spacial score (nSPS) is 10.7. The number of methoxy groups -OCH3 is 1. The van der Waals surface area contributed by atoms with Crippen molar-refractivity contribution >= 4 is 16.8 Å². The lowest BCUT2D eigenvalue weighted by Crippen LogP contribution is -2.09. The van der Waals surface area contributed by atoms with Gasteiger partial charge in [0.1, 0.15) is 5.75 Å². The number of rotatable bonds is 4. The quantitative estimate of drug-likeness (QED) is 0.682. The van der Waals surface area contributed by atoms with Gasteiger partial charge in [-0.25, -0.2) is 4.98 Å². The largest absolute Gasteiger partial charge is 0.497 e. The molecule has 2 aromatic carbocycles. The van der Waals surface area contributed by atoms with Gasteiger partial charge >= 0.3 is 0 Å². The molecule has 0 bridgehead atoms. The Labute approximate surface area is 116 Å². The summed E-state index contributed by atoms with van der Waals surface area (Å²) in [5.41, 5.74) is 2.50. The van der Waals surface area contributed by atoms with Crippen LogP contribution in [0.25, 0.3) is 11.0 Å². The van der Waals surface area contributed by atoms with Crippen LogP contribution >= 0.6 is 0 Å². The zero-order valence-corrected chi connectivity index (χ0v) is 11.1. The van der Waals surface area contributed by atoms with Crippen LogP contribution in [0.15, 0.2) is 54.9 Å². The minimum absolute atomic E-state index is 0.0343. The number of Topliss-reactive ketones (excluding diaryl/α,β-unsaturated/α-hetero) is 1. The molecule has 0 aliphatic carbocycles. The predicted molar refractivity (Wildman–Crippen MR) is 77.1 cm³/mol. The van der Waals surface area contributed by atoms with Crippen molar-refractivity contribution in [3.05, 3.63) is 60.4 Å². The second-order valence-corrected chi connectivity index (χ2v) is 4.52.